The molecule has 0 spiro atoms. The minimum Gasteiger partial charge on any atom is -0.488 e. The fourth-order valence-corrected chi connectivity index (χ4v) is 3.73. The summed E-state index contributed by atoms with van der Waals surface area (Å²) >= 11 is 12.5. The summed E-state index contributed by atoms with van der Waals surface area (Å²) in [6, 6.07) is 12.7. The molecule has 8 nitrogen and oxygen atoms in total. The molecule has 1 aliphatic rings. The Morgan fingerprint density at radius 2 is 1.90 bits per heavy atom. The number of aromatic nitrogens is 5. The highest BCUT2D eigenvalue weighted by Gasteiger charge is 2.30. The first-order valence-corrected chi connectivity index (χ1v) is 9.33. The molecular weight excluding hydrogens is 415 g/mol. The molecule has 5 rings (SSSR count). The molecule has 1 aliphatic heterocycles. The maximum absolute atomic E-state index is 12.9. The van der Waals surface area contributed by atoms with Crippen LogP contribution < -0.4 is 10.2 Å². The minimum absolute atomic E-state index is 0.197. The maximum atomic E-state index is 12.9. The van der Waals surface area contributed by atoms with Crippen molar-refractivity contribution in [2.24, 2.45) is 0 Å². The van der Waals surface area contributed by atoms with Gasteiger partial charge in [0.05, 0.1) is 16.4 Å². The summed E-state index contributed by atoms with van der Waals surface area (Å²) in [6.45, 7) is 0.197. The van der Waals surface area contributed by atoms with Crippen molar-refractivity contribution in [3.05, 3.63) is 76.4 Å². The molecule has 29 heavy (non-hydrogen) atoms. The van der Waals surface area contributed by atoms with Crippen LogP contribution in [0.15, 0.2) is 55.1 Å². The number of hydrogen-bond donors (Lipinski definition) is 1. The van der Waals surface area contributed by atoms with Crippen LogP contribution in [0.3, 0.4) is 0 Å². The smallest absolute Gasteiger partial charge is 0.291 e. The average Bonchev–Trinajstić information content (AvgIpc) is 3.36. The number of carbonyl (C=O) groups is 1. The van der Waals surface area contributed by atoms with Crippen molar-refractivity contribution < 1.29 is 9.53 Å². The number of carbonyl (C=O) groups excluding carboxylic acids is 1. The number of hydrogen-bond acceptors (Lipinski definition) is 5. The second-order valence-corrected chi connectivity index (χ2v) is 7.12. The molecule has 0 aliphatic carbocycles. The first-order valence-electron chi connectivity index (χ1n) is 8.57. The molecule has 144 valence electrons. The van der Waals surface area contributed by atoms with Crippen LogP contribution in [0.25, 0.3) is 16.9 Å². The van der Waals surface area contributed by atoms with E-state index in [1.807, 2.05) is 24.3 Å². The number of amides is 1. The van der Waals surface area contributed by atoms with E-state index in [1.54, 1.807) is 22.9 Å². The van der Waals surface area contributed by atoms with Gasteiger partial charge in [-0.15, -0.1) is 10.2 Å². The van der Waals surface area contributed by atoms with Crippen LogP contribution in [-0.2, 0) is 6.61 Å². The van der Waals surface area contributed by atoms with Crippen LogP contribution in [0.2, 0.25) is 10.0 Å². The lowest BCUT2D eigenvalue weighted by molar-refractivity contribution is 0.1000. The lowest BCUT2D eigenvalue weighted by Gasteiger charge is -2.20. The highest BCUT2D eigenvalue weighted by atomic mass is 35.5. The van der Waals surface area contributed by atoms with Crippen LogP contribution in [0.4, 0.5) is 0 Å². The summed E-state index contributed by atoms with van der Waals surface area (Å²) in [5, 5.41) is 12.9. The number of nitrogens with zero attached hydrogens (tertiary/aromatic N) is 5. The SMILES string of the molecule is O=C(Nn1cnnc1)c1nn(-c2ccc(Cl)cc2Cl)c2c1COc1ccccc1-2. The Morgan fingerprint density at radius 1 is 1.10 bits per heavy atom. The Hall–Kier alpha value is -3.36. The highest BCUT2D eigenvalue weighted by molar-refractivity contribution is 6.35. The topological polar surface area (TPSA) is 86.9 Å². The van der Waals surface area contributed by atoms with E-state index < -0.39 is 5.91 Å². The summed E-state index contributed by atoms with van der Waals surface area (Å²) < 4.78 is 8.85. The molecule has 3 heterocycles. The Morgan fingerprint density at radius 3 is 2.69 bits per heavy atom. The molecule has 0 radical (unpaired) electrons. The van der Waals surface area contributed by atoms with Crippen LogP contribution >= 0.6 is 23.2 Å². The largest absolute Gasteiger partial charge is 0.488 e. The Labute approximate surface area is 174 Å². The number of halogens is 2. The van der Waals surface area contributed by atoms with Gasteiger partial charge in [-0.05, 0) is 30.3 Å². The zero-order valence-electron chi connectivity index (χ0n) is 14.7. The van der Waals surface area contributed by atoms with Gasteiger partial charge in [0.15, 0.2) is 5.69 Å². The summed E-state index contributed by atoms with van der Waals surface area (Å²) in [5.41, 5.74) is 5.70. The van der Waals surface area contributed by atoms with Crippen molar-refractivity contribution in [1.29, 1.82) is 0 Å². The van der Waals surface area contributed by atoms with E-state index in [0.29, 0.717) is 27.0 Å². The number of ether oxygens (including phenoxy) is 1. The van der Waals surface area contributed by atoms with E-state index in [2.05, 4.69) is 20.7 Å². The predicted molar refractivity (Wildman–Crippen MR) is 107 cm³/mol. The first-order chi connectivity index (χ1) is 14.1. The van der Waals surface area contributed by atoms with E-state index in [4.69, 9.17) is 27.9 Å². The third-order valence-electron chi connectivity index (χ3n) is 4.50. The van der Waals surface area contributed by atoms with Gasteiger partial charge in [-0.25, -0.2) is 9.36 Å². The maximum Gasteiger partial charge on any atom is 0.291 e. The molecule has 10 heteroatoms. The zero-order chi connectivity index (χ0) is 20.0. The summed E-state index contributed by atoms with van der Waals surface area (Å²) in [4.78, 5) is 12.9. The van der Waals surface area contributed by atoms with E-state index in [-0.39, 0.29) is 12.3 Å². The van der Waals surface area contributed by atoms with E-state index >= 15 is 0 Å². The van der Waals surface area contributed by atoms with E-state index in [1.165, 1.54) is 17.3 Å². The Kier molecular flexibility index (Phi) is 4.22. The quantitative estimate of drug-likeness (QED) is 0.539. The van der Waals surface area contributed by atoms with Crippen LogP contribution in [-0.4, -0.2) is 30.6 Å². The molecule has 2 aromatic heterocycles. The second-order valence-electron chi connectivity index (χ2n) is 6.28. The molecular formula is C19H12Cl2N6O2. The highest BCUT2D eigenvalue weighted by Crippen LogP contribution is 2.41. The van der Waals surface area contributed by atoms with Crippen LogP contribution in [0.5, 0.6) is 5.75 Å². The molecule has 0 atom stereocenters. The van der Waals surface area contributed by atoms with Crippen molar-refractivity contribution >= 4 is 29.1 Å². The molecule has 0 bridgehead atoms. The predicted octanol–water partition coefficient (Wildman–Crippen LogP) is 3.71. The van der Waals surface area contributed by atoms with Crippen molar-refractivity contribution in [3.8, 4) is 22.7 Å². The summed E-state index contributed by atoms with van der Waals surface area (Å²) in [7, 11) is 0. The molecule has 1 N–H and O–H groups in total. The molecule has 2 aromatic carbocycles. The van der Waals surface area contributed by atoms with Gasteiger partial charge in [-0.3, -0.25) is 10.2 Å². The van der Waals surface area contributed by atoms with Gasteiger partial charge >= 0.3 is 0 Å². The van der Waals surface area contributed by atoms with Gasteiger partial charge in [0, 0.05) is 16.1 Å². The van der Waals surface area contributed by atoms with E-state index in [0.717, 1.165) is 11.3 Å². The van der Waals surface area contributed by atoms with Gasteiger partial charge < -0.3 is 4.74 Å². The molecule has 0 saturated carbocycles. The third kappa shape index (κ3) is 3.02. The van der Waals surface area contributed by atoms with Crippen LogP contribution in [0.1, 0.15) is 16.1 Å². The minimum atomic E-state index is -0.423. The molecule has 4 aromatic rings. The Balaban J connectivity index is 1.71. The molecule has 0 fully saturated rings. The standard InChI is InChI=1S/C19H12Cl2N6O2/c20-11-5-6-15(14(21)7-11)27-18-12-3-1-2-4-16(12)29-8-13(18)17(24-27)19(28)25-26-9-22-23-10-26/h1-7,9-10H,8H2,(H,25,28). The van der Waals surface area contributed by atoms with Crippen molar-refractivity contribution in [2.75, 3.05) is 5.43 Å². The molecule has 0 unspecified atom stereocenters. The van der Waals surface area contributed by atoms with Crippen LogP contribution in [0, 0.1) is 0 Å². The lowest BCUT2D eigenvalue weighted by Crippen LogP contribution is -2.23. The summed E-state index contributed by atoms with van der Waals surface area (Å²) in [5.74, 6) is 0.282. The second kappa shape index (κ2) is 6.91. The third-order valence-corrected chi connectivity index (χ3v) is 5.04. The molecule has 0 saturated heterocycles. The molecule has 1 amide bonds. The first kappa shape index (κ1) is 17.7. The lowest BCUT2D eigenvalue weighted by atomic mass is 10.0. The van der Waals surface area contributed by atoms with Gasteiger partial charge in [-0.2, -0.15) is 5.10 Å². The van der Waals surface area contributed by atoms with Gasteiger partial charge in [-0.1, -0.05) is 35.3 Å². The average molecular weight is 427 g/mol. The Bertz CT molecular complexity index is 1240. The fourth-order valence-electron chi connectivity index (χ4n) is 3.24. The number of nitrogens with one attached hydrogen (secondary N) is 1. The number of para-hydroxylation sites is 1. The zero-order valence-corrected chi connectivity index (χ0v) is 16.2. The number of rotatable bonds is 3. The van der Waals surface area contributed by atoms with Gasteiger partial charge in [0.1, 0.15) is 25.0 Å². The normalized spacial score (nSPS) is 12.1. The van der Waals surface area contributed by atoms with Gasteiger partial charge in [0.25, 0.3) is 5.91 Å². The van der Waals surface area contributed by atoms with Gasteiger partial charge in [0.2, 0.25) is 0 Å². The van der Waals surface area contributed by atoms with E-state index in [9.17, 15) is 4.79 Å². The van der Waals surface area contributed by atoms with Crippen molar-refractivity contribution in [3.63, 3.8) is 0 Å². The van der Waals surface area contributed by atoms with Crippen molar-refractivity contribution in [1.82, 2.24) is 24.7 Å². The van der Waals surface area contributed by atoms with Crippen molar-refractivity contribution in [2.45, 2.75) is 6.61 Å². The fraction of sp³-hybridized carbons (Fsp3) is 0.0526. The monoisotopic (exact) mass is 426 g/mol. The summed E-state index contributed by atoms with van der Waals surface area (Å²) in [6.07, 6.45) is 2.76. The number of fused-ring (bicyclic) bond motifs is 3. The number of benzene rings is 2.